The summed E-state index contributed by atoms with van der Waals surface area (Å²) in [5.74, 6) is -0.287. The van der Waals surface area contributed by atoms with Gasteiger partial charge in [-0.1, -0.05) is 18.2 Å². The number of hydrogen-bond acceptors (Lipinski definition) is 6. The second-order valence-corrected chi connectivity index (χ2v) is 9.63. The minimum absolute atomic E-state index is 0.0538. The monoisotopic (exact) mass is 537 g/mol. The van der Waals surface area contributed by atoms with Crippen molar-refractivity contribution in [3.63, 3.8) is 0 Å². The SMILES string of the molecule is CN[C@@H](C)C(=O)Nc1cnc(-c2cccc(C#N)c2)n(CN2C=C(n3cc(C)c4cc(F)ccc43)C=CC2)c1=O. The molecule has 0 bridgehead atoms. The van der Waals surface area contributed by atoms with Crippen LogP contribution in [0, 0.1) is 24.1 Å². The van der Waals surface area contributed by atoms with Crippen LogP contribution in [0.1, 0.15) is 18.1 Å². The highest BCUT2D eigenvalue weighted by atomic mass is 19.1. The quantitative estimate of drug-likeness (QED) is 0.368. The summed E-state index contributed by atoms with van der Waals surface area (Å²) >= 11 is 0. The molecule has 4 aromatic rings. The van der Waals surface area contributed by atoms with Gasteiger partial charge in [-0.3, -0.25) is 14.2 Å². The molecule has 9 nitrogen and oxygen atoms in total. The zero-order chi connectivity index (χ0) is 28.4. The topological polar surface area (TPSA) is 108 Å². The Morgan fingerprint density at radius 3 is 2.85 bits per heavy atom. The van der Waals surface area contributed by atoms with E-state index in [1.807, 2.05) is 40.9 Å². The molecule has 2 aromatic carbocycles. The van der Waals surface area contributed by atoms with Gasteiger partial charge in [0.25, 0.3) is 5.56 Å². The number of aryl methyl sites for hydroxylation is 1. The van der Waals surface area contributed by atoms with Gasteiger partial charge in [-0.25, -0.2) is 9.37 Å². The van der Waals surface area contributed by atoms with Crippen molar-refractivity contribution in [1.29, 1.82) is 5.26 Å². The number of hydrogen-bond donors (Lipinski definition) is 2. The van der Waals surface area contributed by atoms with Gasteiger partial charge < -0.3 is 20.1 Å². The number of likely N-dealkylation sites (N-methyl/N-ethyl adjacent to an activating group) is 1. The van der Waals surface area contributed by atoms with Crippen LogP contribution in [0.15, 0.2) is 78.0 Å². The number of carbonyl (C=O) groups excluding carboxylic acids is 1. The second-order valence-electron chi connectivity index (χ2n) is 9.63. The van der Waals surface area contributed by atoms with Crippen molar-refractivity contribution in [3.8, 4) is 17.5 Å². The van der Waals surface area contributed by atoms with E-state index in [1.54, 1.807) is 44.3 Å². The van der Waals surface area contributed by atoms with Crippen LogP contribution in [0.4, 0.5) is 10.1 Å². The highest BCUT2D eigenvalue weighted by Crippen LogP contribution is 2.27. The van der Waals surface area contributed by atoms with Crippen molar-refractivity contribution in [2.45, 2.75) is 26.6 Å². The van der Waals surface area contributed by atoms with Crippen LogP contribution in [-0.4, -0.2) is 44.6 Å². The number of amides is 1. The predicted octanol–water partition coefficient (Wildman–Crippen LogP) is 4.06. The molecule has 0 spiro atoms. The van der Waals surface area contributed by atoms with Gasteiger partial charge in [0.1, 0.15) is 17.3 Å². The summed E-state index contributed by atoms with van der Waals surface area (Å²) in [5, 5.41) is 15.8. The van der Waals surface area contributed by atoms with E-state index in [1.165, 1.54) is 22.9 Å². The minimum Gasteiger partial charge on any atom is -0.354 e. The van der Waals surface area contributed by atoms with Crippen molar-refractivity contribution in [3.05, 3.63) is 101 Å². The third-order valence-corrected chi connectivity index (χ3v) is 6.89. The van der Waals surface area contributed by atoms with Crippen molar-refractivity contribution in [2.24, 2.45) is 0 Å². The van der Waals surface area contributed by atoms with Crippen LogP contribution in [0.3, 0.4) is 0 Å². The second kappa shape index (κ2) is 11.0. The van der Waals surface area contributed by atoms with Crippen molar-refractivity contribution < 1.29 is 9.18 Å². The number of rotatable bonds is 7. The van der Waals surface area contributed by atoms with E-state index < -0.39 is 11.6 Å². The molecule has 1 aliphatic heterocycles. The predicted molar refractivity (Wildman–Crippen MR) is 153 cm³/mol. The molecule has 3 heterocycles. The first-order valence-corrected chi connectivity index (χ1v) is 12.8. The van der Waals surface area contributed by atoms with Crippen LogP contribution in [-0.2, 0) is 11.5 Å². The molecule has 1 amide bonds. The highest BCUT2D eigenvalue weighted by Gasteiger charge is 2.19. The van der Waals surface area contributed by atoms with Gasteiger partial charge in [0.15, 0.2) is 0 Å². The average molecular weight is 538 g/mol. The molecule has 2 aromatic heterocycles. The first-order valence-electron chi connectivity index (χ1n) is 12.8. The van der Waals surface area contributed by atoms with E-state index in [9.17, 15) is 19.2 Å². The molecule has 0 saturated carbocycles. The van der Waals surface area contributed by atoms with E-state index in [2.05, 4.69) is 21.7 Å². The summed E-state index contributed by atoms with van der Waals surface area (Å²) in [4.78, 5) is 32.7. The van der Waals surface area contributed by atoms with E-state index in [-0.39, 0.29) is 24.1 Å². The van der Waals surface area contributed by atoms with Gasteiger partial charge in [0.2, 0.25) is 5.91 Å². The van der Waals surface area contributed by atoms with Gasteiger partial charge in [0.05, 0.1) is 41.8 Å². The van der Waals surface area contributed by atoms with Crippen LogP contribution < -0.4 is 16.2 Å². The molecule has 202 valence electrons. The number of carbonyl (C=O) groups is 1. The molecule has 1 atom stereocenters. The summed E-state index contributed by atoms with van der Waals surface area (Å²) in [6.45, 7) is 4.28. The third-order valence-electron chi connectivity index (χ3n) is 6.89. The molecule has 40 heavy (non-hydrogen) atoms. The van der Waals surface area contributed by atoms with Crippen molar-refractivity contribution >= 4 is 28.2 Å². The lowest BCUT2D eigenvalue weighted by Gasteiger charge is -2.26. The van der Waals surface area contributed by atoms with Gasteiger partial charge >= 0.3 is 0 Å². The van der Waals surface area contributed by atoms with E-state index in [4.69, 9.17) is 0 Å². The molecule has 0 radical (unpaired) electrons. The number of allylic oxidation sites excluding steroid dienone is 2. The molecule has 0 aliphatic carbocycles. The zero-order valence-electron chi connectivity index (χ0n) is 22.4. The van der Waals surface area contributed by atoms with Gasteiger partial charge in [0, 0.05) is 29.9 Å². The lowest BCUT2D eigenvalue weighted by molar-refractivity contribution is -0.117. The Morgan fingerprint density at radius 1 is 1.25 bits per heavy atom. The number of nitriles is 1. The Labute approximate surface area is 230 Å². The van der Waals surface area contributed by atoms with Crippen molar-refractivity contribution in [1.82, 2.24) is 24.3 Å². The fourth-order valence-corrected chi connectivity index (χ4v) is 4.63. The molecular formula is C30H28FN7O2. The normalized spacial score (nSPS) is 13.7. The lowest BCUT2D eigenvalue weighted by Crippen LogP contribution is -2.39. The molecule has 0 saturated heterocycles. The molecule has 5 rings (SSSR count). The largest absolute Gasteiger partial charge is 0.354 e. The van der Waals surface area contributed by atoms with Crippen molar-refractivity contribution in [2.75, 3.05) is 18.9 Å². The Bertz CT molecular complexity index is 1780. The Balaban J connectivity index is 1.56. The smallest absolute Gasteiger partial charge is 0.279 e. The van der Waals surface area contributed by atoms with E-state index in [0.29, 0.717) is 23.5 Å². The van der Waals surface area contributed by atoms with Crippen LogP contribution in [0.5, 0.6) is 0 Å². The highest BCUT2D eigenvalue weighted by molar-refractivity contribution is 5.94. The summed E-state index contributed by atoms with van der Waals surface area (Å²) in [6.07, 6.45) is 9.19. The molecule has 0 unspecified atom stereocenters. The first kappa shape index (κ1) is 26.6. The fraction of sp³-hybridized carbons (Fsp3) is 0.200. The lowest BCUT2D eigenvalue weighted by atomic mass is 10.1. The van der Waals surface area contributed by atoms with Crippen LogP contribution >= 0.6 is 0 Å². The summed E-state index contributed by atoms with van der Waals surface area (Å²) in [5.41, 5.74) is 3.33. The number of benzene rings is 2. The number of nitrogens with zero attached hydrogens (tertiary/aromatic N) is 5. The molecule has 0 fully saturated rings. The van der Waals surface area contributed by atoms with Gasteiger partial charge in [-0.05, 0) is 62.9 Å². The van der Waals surface area contributed by atoms with Crippen LogP contribution in [0.25, 0.3) is 28.0 Å². The molecular weight excluding hydrogens is 509 g/mol. The zero-order valence-corrected chi connectivity index (χ0v) is 22.4. The maximum absolute atomic E-state index is 13.9. The van der Waals surface area contributed by atoms with Gasteiger partial charge in [-0.15, -0.1) is 0 Å². The third kappa shape index (κ3) is 5.15. The molecule has 2 N–H and O–H groups in total. The number of anilines is 1. The van der Waals surface area contributed by atoms with E-state index >= 15 is 0 Å². The van der Waals surface area contributed by atoms with Gasteiger partial charge in [-0.2, -0.15) is 5.26 Å². The number of aromatic nitrogens is 3. The molecule has 10 heteroatoms. The Morgan fingerprint density at radius 2 is 2.08 bits per heavy atom. The summed E-state index contributed by atoms with van der Waals surface area (Å²) < 4.78 is 17.4. The fourth-order valence-electron chi connectivity index (χ4n) is 4.63. The Hall–Kier alpha value is -5.01. The molecule has 1 aliphatic rings. The average Bonchev–Trinajstić information content (AvgIpc) is 3.30. The maximum atomic E-state index is 13.9. The standard InChI is InChI=1S/C30H28FN7O2/c1-19-16-37(27-10-9-23(31)13-25(19)27)24-8-5-11-36(17-24)18-38-28(22-7-4-6-21(12-22)14-32)34-15-26(30(38)40)35-29(39)20(2)33-3/h4-10,12-13,15-17,20,33H,11,18H2,1-3H3,(H,35,39)/t20-/m0/s1. The first-order chi connectivity index (χ1) is 19.3. The minimum atomic E-state index is -0.508. The number of halogens is 1. The van der Waals surface area contributed by atoms with E-state index in [0.717, 1.165) is 22.2 Å². The summed E-state index contributed by atoms with van der Waals surface area (Å²) in [7, 11) is 1.66. The number of fused-ring (bicyclic) bond motifs is 1. The Kier molecular flexibility index (Phi) is 7.31. The van der Waals surface area contributed by atoms with Crippen LogP contribution in [0.2, 0.25) is 0 Å². The number of nitrogens with one attached hydrogen (secondary N) is 2. The summed E-state index contributed by atoms with van der Waals surface area (Å²) in [6, 6.07) is 13.2. The maximum Gasteiger partial charge on any atom is 0.279 e.